The molecular formula is C21H20N4O4S. The molecule has 0 unspecified atom stereocenters. The van der Waals surface area contributed by atoms with E-state index in [1.807, 2.05) is 29.8 Å². The Hall–Kier alpha value is -3.46. The van der Waals surface area contributed by atoms with Crippen molar-refractivity contribution < 1.29 is 18.9 Å². The van der Waals surface area contributed by atoms with E-state index in [0.29, 0.717) is 29.6 Å². The molecular weight excluding hydrogens is 404 g/mol. The van der Waals surface area contributed by atoms with Crippen LogP contribution in [0.2, 0.25) is 0 Å². The number of nitrogens with zero attached hydrogens (tertiary/aromatic N) is 4. The highest BCUT2D eigenvalue weighted by Gasteiger charge is 2.17. The van der Waals surface area contributed by atoms with Gasteiger partial charge in [-0.05, 0) is 17.7 Å². The van der Waals surface area contributed by atoms with Gasteiger partial charge in [0, 0.05) is 29.8 Å². The lowest BCUT2D eigenvalue weighted by molar-refractivity contribution is 0.353. The second-order valence-corrected chi connectivity index (χ2v) is 7.21. The third-order valence-corrected chi connectivity index (χ3v) is 5.48. The van der Waals surface area contributed by atoms with Crippen molar-refractivity contribution in [1.82, 2.24) is 19.9 Å². The third-order valence-electron chi connectivity index (χ3n) is 4.57. The second-order valence-electron chi connectivity index (χ2n) is 6.29. The van der Waals surface area contributed by atoms with Gasteiger partial charge in [0.1, 0.15) is 5.82 Å². The molecule has 0 N–H and O–H groups in total. The summed E-state index contributed by atoms with van der Waals surface area (Å²) in [5.74, 6) is 2.49. The van der Waals surface area contributed by atoms with Crippen LogP contribution in [0.5, 0.6) is 23.4 Å². The molecule has 0 atom stereocenters. The summed E-state index contributed by atoms with van der Waals surface area (Å²) >= 11 is 1.56. The molecule has 0 fully saturated rings. The van der Waals surface area contributed by atoms with Crippen LogP contribution in [-0.2, 0) is 6.42 Å². The number of rotatable bonds is 7. The number of fused-ring (bicyclic) bond motifs is 1. The zero-order valence-corrected chi connectivity index (χ0v) is 17.8. The van der Waals surface area contributed by atoms with E-state index in [4.69, 9.17) is 23.9 Å². The molecule has 0 amide bonds. The zero-order chi connectivity index (χ0) is 21.1. The largest absolute Gasteiger partial charge is 0.493 e. The van der Waals surface area contributed by atoms with Crippen LogP contribution in [0.15, 0.2) is 36.0 Å². The van der Waals surface area contributed by atoms with Crippen molar-refractivity contribution in [3.63, 3.8) is 0 Å². The van der Waals surface area contributed by atoms with Crippen molar-refractivity contribution in [3.8, 4) is 34.5 Å². The highest BCUT2D eigenvalue weighted by Crippen LogP contribution is 2.37. The summed E-state index contributed by atoms with van der Waals surface area (Å²) in [5.41, 5.74) is 3.50. The first-order chi connectivity index (χ1) is 14.7. The van der Waals surface area contributed by atoms with Gasteiger partial charge in [0.25, 0.3) is 0 Å². The van der Waals surface area contributed by atoms with Gasteiger partial charge in [0.2, 0.25) is 5.88 Å². The maximum absolute atomic E-state index is 5.44. The fourth-order valence-corrected chi connectivity index (χ4v) is 3.97. The van der Waals surface area contributed by atoms with E-state index in [0.717, 1.165) is 26.9 Å². The van der Waals surface area contributed by atoms with Gasteiger partial charge in [0.05, 0.1) is 44.2 Å². The number of thiophene rings is 1. The minimum absolute atomic E-state index is 0.249. The lowest BCUT2D eigenvalue weighted by Crippen LogP contribution is -1.99. The monoisotopic (exact) mass is 424 g/mol. The first-order valence-electron chi connectivity index (χ1n) is 9.06. The van der Waals surface area contributed by atoms with E-state index >= 15 is 0 Å². The lowest BCUT2D eigenvalue weighted by atomic mass is 10.1. The van der Waals surface area contributed by atoms with Crippen LogP contribution < -0.4 is 18.9 Å². The molecule has 0 spiro atoms. The molecule has 3 aromatic heterocycles. The molecule has 0 radical (unpaired) electrons. The summed E-state index contributed by atoms with van der Waals surface area (Å²) in [5, 5.41) is 2.01. The number of methoxy groups -OCH3 is 4. The van der Waals surface area contributed by atoms with Crippen LogP contribution in [0.25, 0.3) is 21.3 Å². The Balaban J connectivity index is 1.72. The Bertz CT molecular complexity index is 1200. The van der Waals surface area contributed by atoms with Gasteiger partial charge in [-0.2, -0.15) is 4.98 Å². The Morgan fingerprint density at radius 1 is 0.833 bits per heavy atom. The lowest BCUT2D eigenvalue weighted by Gasteiger charge is -2.09. The van der Waals surface area contributed by atoms with Crippen LogP contribution in [0.1, 0.15) is 11.4 Å². The van der Waals surface area contributed by atoms with E-state index < -0.39 is 0 Å². The van der Waals surface area contributed by atoms with Crippen molar-refractivity contribution in [2.75, 3.05) is 28.4 Å². The van der Waals surface area contributed by atoms with E-state index in [-0.39, 0.29) is 6.01 Å². The van der Waals surface area contributed by atoms with E-state index in [1.165, 1.54) is 7.11 Å². The van der Waals surface area contributed by atoms with Crippen LogP contribution in [0.4, 0.5) is 0 Å². The minimum atomic E-state index is 0.249. The molecule has 0 saturated heterocycles. The Kier molecular flexibility index (Phi) is 5.62. The highest BCUT2D eigenvalue weighted by atomic mass is 32.1. The predicted molar refractivity (Wildman–Crippen MR) is 114 cm³/mol. The van der Waals surface area contributed by atoms with Crippen molar-refractivity contribution >= 4 is 21.6 Å². The summed E-state index contributed by atoms with van der Waals surface area (Å²) in [7, 11) is 6.31. The molecule has 9 heteroatoms. The van der Waals surface area contributed by atoms with Gasteiger partial charge >= 0.3 is 6.01 Å². The average Bonchev–Trinajstić information content (AvgIpc) is 3.21. The highest BCUT2D eigenvalue weighted by molar-refractivity contribution is 7.17. The standard InChI is InChI=1S/C21H20N4O4S/c1-26-15-6-5-12(7-16(15)27-2)8-18-22-10-17-19(24-18)14(11-30-17)13-9-23-21(29-4)25-20(13)28-3/h5-7,9-11H,8H2,1-4H3. The molecule has 1 aromatic carbocycles. The maximum Gasteiger partial charge on any atom is 0.319 e. The van der Waals surface area contributed by atoms with Crippen molar-refractivity contribution in [3.05, 3.63) is 47.4 Å². The van der Waals surface area contributed by atoms with Crippen LogP contribution >= 0.6 is 11.3 Å². The van der Waals surface area contributed by atoms with E-state index in [9.17, 15) is 0 Å². The summed E-state index contributed by atoms with van der Waals surface area (Å²) in [6.07, 6.45) is 4.08. The predicted octanol–water partition coefficient (Wildman–Crippen LogP) is 3.77. The molecule has 3 heterocycles. The number of aromatic nitrogens is 4. The number of hydrogen-bond acceptors (Lipinski definition) is 9. The minimum Gasteiger partial charge on any atom is -0.493 e. The Morgan fingerprint density at radius 2 is 1.67 bits per heavy atom. The summed E-state index contributed by atoms with van der Waals surface area (Å²) in [4.78, 5) is 17.8. The fourth-order valence-electron chi connectivity index (χ4n) is 3.10. The SMILES string of the molecule is COc1ncc(-c2csc3cnc(Cc4ccc(OC)c(OC)c4)nc23)c(OC)n1. The summed E-state index contributed by atoms with van der Waals surface area (Å²) < 4.78 is 22.2. The molecule has 0 bridgehead atoms. The van der Waals surface area contributed by atoms with Gasteiger partial charge in [-0.1, -0.05) is 6.07 Å². The average molecular weight is 424 g/mol. The Morgan fingerprint density at radius 3 is 2.40 bits per heavy atom. The maximum atomic E-state index is 5.44. The van der Waals surface area contributed by atoms with Crippen molar-refractivity contribution in [1.29, 1.82) is 0 Å². The smallest absolute Gasteiger partial charge is 0.319 e. The van der Waals surface area contributed by atoms with E-state index in [1.54, 1.807) is 38.9 Å². The zero-order valence-electron chi connectivity index (χ0n) is 17.0. The van der Waals surface area contributed by atoms with Gasteiger partial charge in [-0.15, -0.1) is 11.3 Å². The molecule has 0 aliphatic carbocycles. The van der Waals surface area contributed by atoms with Crippen LogP contribution in [0, 0.1) is 0 Å². The molecule has 30 heavy (non-hydrogen) atoms. The molecule has 154 valence electrons. The number of benzene rings is 1. The first-order valence-corrected chi connectivity index (χ1v) is 9.94. The summed E-state index contributed by atoms with van der Waals surface area (Å²) in [6.45, 7) is 0. The first kappa shape index (κ1) is 19.8. The third kappa shape index (κ3) is 3.71. The normalized spacial score (nSPS) is 10.8. The van der Waals surface area contributed by atoms with Gasteiger partial charge in [0.15, 0.2) is 11.5 Å². The van der Waals surface area contributed by atoms with E-state index in [2.05, 4.69) is 15.0 Å². The van der Waals surface area contributed by atoms with Gasteiger partial charge in [-0.25, -0.2) is 15.0 Å². The quantitative estimate of drug-likeness (QED) is 0.443. The van der Waals surface area contributed by atoms with Crippen molar-refractivity contribution in [2.24, 2.45) is 0 Å². The fraction of sp³-hybridized carbons (Fsp3) is 0.238. The molecule has 0 aliphatic heterocycles. The molecule has 4 aromatic rings. The summed E-state index contributed by atoms with van der Waals surface area (Å²) in [6, 6.07) is 6.03. The Labute approximate surface area is 177 Å². The number of hydrogen-bond donors (Lipinski definition) is 0. The van der Waals surface area contributed by atoms with Crippen LogP contribution in [-0.4, -0.2) is 48.4 Å². The molecule has 0 aliphatic rings. The van der Waals surface area contributed by atoms with Crippen LogP contribution in [0.3, 0.4) is 0 Å². The molecule has 8 nitrogen and oxygen atoms in total. The van der Waals surface area contributed by atoms with Gasteiger partial charge < -0.3 is 18.9 Å². The van der Waals surface area contributed by atoms with Gasteiger partial charge in [-0.3, -0.25) is 0 Å². The second kappa shape index (κ2) is 8.50. The number of ether oxygens (including phenoxy) is 4. The molecule has 4 rings (SSSR count). The topological polar surface area (TPSA) is 88.5 Å². The molecule has 0 saturated carbocycles. The van der Waals surface area contributed by atoms with Crippen molar-refractivity contribution in [2.45, 2.75) is 6.42 Å².